The van der Waals surface area contributed by atoms with Gasteiger partial charge in [-0.15, -0.1) is 11.8 Å². The molecule has 0 radical (unpaired) electrons. The molecule has 9 nitrogen and oxygen atoms in total. The number of benzene rings is 1. The first-order chi connectivity index (χ1) is 11.4. The third-order valence-electron chi connectivity index (χ3n) is 2.84. The standard InChI is InChI=1S/C14H13N3O6S/c1-8-5-13(23-16-8)15-12(18)7-22-14(19)9-3-4-11(24-2)10(6-9)17(20)21/h3-6H,7H2,1-2H3,(H,15,18). The molecule has 1 aromatic heterocycles. The molecule has 0 saturated carbocycles. The summed E-state index contributed by atoms with van der Waals surface area (Å²) >= 11 is 1.19. The summed E-state index contributed by atoms with van der Waals surface area (Å²) in [7, 11) is 0. The van der Waals surface area contributed by atoms with Gasteiger partial charge in [0.2, 0.25) is 5.88 Å². The minimum Gasteiger partial charge on any atom is -0.452 e. The molecule has 126 valence electrons. The van der Waals surface area contributed by atoms with Crippen LogP contribution in [0.25, 0.3) is 0 Å². The zero-order chi connectivity index (χ0) is 17.7. The van der Waals surface area contributed by atoms with Gasteiger partial charge in [-0.3, -0.25) is 20.2 Å². The highest BCUT2D eigenvalue weighted by molar-refractivity contribution is 7.98. The maximum absolute atomic E-state index is 11.9. The van der Waals surface area contributed by atoms with Gasteiger partial charge in [-0.25, -0.2) is 4.79 Å². The van der Waals surface area contributed by atoms with Gasteiger partial charge in [0.1, 0.15) is 0 Å². The van der Waals surface area contributed by atoms with Crippen molar-refractivity contribution in [3.05, 3.63) is 45.6 Å². The van der Waals surface area contributed by atoms with E-state index in [1.807, 2.05) is 0 Å². The lowest BCUT2D eigenvalue weighted by atomic mass is 10.2. The van der Waals surface area contributed by atoms with Crippen molar-refractivity contribution in [1.29, 1.82) is 0 Å². The number of nitrogens with zero attached hydrogens (tertiary/aromatic N) is 2. The zero-order valence-corrected chi connectivity index (χ0v) is 13.6. The van der Waals surface area contributed by atoms with Crippen LogP contribution in [0.15, 0.2) is 33.7 Å². The van der Waals surface area contributed by atoms with Gasteiger partial charge in [0, 0.05) is 12.1 Å². The largest absolute Gasteiger partial charge is 0.452 e. The van der Waals surface area contributed by atoms with Crippen molar-refractivity contribution in [2.75, 3.05) is 18.2 Å². The van der Waals surface area contributed by atoms with Gasteiger partial charge in [-0.1, -0.05) is 5.16 Å². The number of aryl methyl sites for hydroxylation is 1. The fourth-order valence-corrected chi connectivity index (χ4v) is 2.32. The number of thioether (sulfide) groups is 1. The van der Waals surface area contributed by atoms with E-state index in [2.05, 4.69) is 10.5 Å². The Bertz CT molecular complexity index is 789. The summed E-state index contributed by atoms with van der Waals surface area (Å²) in [5.41, 5.74) is 0.379. The molecular weight excluding hydrogens is 338 g/mol. The monoisotopic (exact) mass is 351 g/mol. The van der Waals surface area contributed by atoms with Crippen LogP contribution in [0.3, 0.4) is 0 Å². The fraction of sp³-hybridized carbons (Fsp3) is 0.214. The molecule has 24 heavy (non-hydrogen) atoms. The molecule has 0 fully saturated rings. The molecule has 0 spiro atoms. The molecule has 0 aliphatic rings. The van der Waals surface area contributed by atoms with Crippen LogP contribution in [0, 0.1) is 17.0 Å². The number of hydrogen-bond donors (Lipinski definition) is 1. The Morgan fingerprint density at radius 1 is 1.42 bits per heavy atom. The van der Waals surface area contributed by atoms with Gasteiger partial charge < -0.3 is 9.26 Å². The molecular formula is C14H13N3O6S. The minimum absolute atomic E-state index is 0.0113. The SMILES string of the molecule is CSc1ccc(C(=O)OCC(=O)Nc2cc(C)no2)cc1[N+](=O)[O-]. The smallest absolute Gasteiger partial charge is 0.338 e. The quantitative estimate of drug-likeness (QED) is 0.364. The average Bonchev–Trinajstić information content (AvgIpc) is 2.96. The van der Waals surface area contributed by atoms with Gasteiger partial charge in [-0.2, -0.15) is 0 Å². The van der Waals surface area contributed by atoms with E-state index in [1.165, 1.54) is 30.0 Å². The Labute approximate surface area is 140 Å². The second-order valence-electron chi connectivity index (χ2n) is 4.60. The van der Waals surface area contributed by atoms with Crippen molar-refractivity contribution >= 4 is 35.2 Å². The van der Waals surface area contributed by atoms with Crippen molar-refractivity contribution < 1.29 is 23.8 Å². The predicted octanol–water partition coefficient (Wildman–Crippen LogP) is 2.41. The molecule has 0 bridgehead atoms. The molecule has 1 amide bonds. The summed E-state index contributed by atoms with van der Waals surface area (Å²) in [6.07, 6.45) is 1.69. The summed E-state index contributed by atoms with van der Waals surface area (Å²) in [4.78, 5) is 34.4. The molecule has 0 aliphatic carbocycles. The second-order valence-corrected chi connectivity index (χ2v) is 5.45. The Morgan fingerprint density at radius 3 is 2.75 bits per heavy atom. The number of nitro groups is 1. The summed E-state index contributed by atoms with van der Waals surface area (Å²) in [5.74, 6) is -1.32. The number of aromatic nitrogens is 1. The lowest BCUT2D eigenvalue weighted by molar-refractivity contribution is -0.387. The second kappa shape index (κ2) is 7.59. The third-order valence-corrected chi connectivity index (χ3v) is 3.62. The number of anilines is 1. The van der Waals surface area contributed by atoms with Crippen molar-refractivity contribution in [3.8, 4) is 0 Å². The van der Waals surface area contributed by atoms with Crippen molar-refractivity contribution in [1.82, 2.24) is 5.16 Å². The topological polar surface area (TPSA) is 125 Å². The van der Waals surface area contributed by atoms with E-state index in [4.69, 9.17) is 9.26 Å². The number of carbonyl (C=O) groups excluding carboxylic acids is 2. The molecule has 0 saturated heterocycles. The van der Waals surface area contributed by atoms with Crippen LogP contribution in [-0.2, 0) is 9.53 Å². The van der Waals surface area contributed by atoms with Crippen LogP contribution in [-0.4, -0.2) is 34.8 Å². The molecule has 2 aromatic rings. The van der Waals surface area contributed by atoms with E-state index >= 15 is 0 Å². The number of amides is 1. The Balaban J connectivity index is 1.98. The highest BCUT2D eigenvalue weighted by atomic mass is 32.2. The number of esters is 1. The molecule has 0 atom stereocenters. The van der Waals surface area contributed by atoms with Crippen LogP contribution in [0.2, 0.25) is 0 Å². The summed E-state index contributed by atoms with van der Waals surface area (Å²) in [6, 6.07) is 5.48. The van der Waals surface area contributed by atoms with E-state index in [0.29, 0.717) is 10.6 Å². The van der Waals surface area contributed by atoms with Gasteiger partial charge in [0.05, 0.1) is 21.1 Å². The minimum atomic E-state index is -0.838. The van der Waals surface area contributed by atoms with Crippen LogP contribution in [0.4, 0.5) is 11.6 Å². The number of rotatable bonds is 6. The molecule has 0 aliphatic heterocycles. The number of hydrogen-bond acceptors (Lipinski definition) is 8. The number of carbonyl (C=O) groups is 2. The van der Waals surface area contributed by atoms with Gasteiger partial charge in [0.15, 0.2) is 6.61 Å². The maximum Gasteiger partial charge on any atom is 0.338 e. The Kier molecular flexibility index (Phi) is 5.53. The summed E-state index contributed by atoms with van der Waals surface area (Å²) < 4.78 is 9.63. The van der Waals surface area contributed by atoms with E-state index in [0.717, 1.165) is 6.07 Å². The van der Waals surface area contributed by atoms with E-state index < -0.39 is 23.4 Å². The van der Waals surface area contributed by atoms with Crippen LogP contribution in [0.1, 0.15) is 16.1 Å². The van der Waals surface area contributed by atoms with Crippen molar-refractivity contribution in [2.45, 2.75) is 11.8 Å². The molecule has 1 aromatic carbocycles. The molecule has 1 N–H and O–H groups in total. The number of ether oxygens (including phenoxy) is 1. The van der Waals surface area contributed by atoms with Crippen LogP contribution >= 0.6 is 11.8 Å². The van der Waals surface area contributed by atoms with E-state index in [9.17, 15) is 19.7 Å². The lowest BCUT2D eigenvalue weighted by Crippen LogP contribution is -2.20. The van der Waals surface area contributed by atoms with Gasteiger partial charge >= 0.3 is 5.97 Å². The highest BCUT2D eigenvalue weighted by Gasteiger charge is 2.18. The van der Waals surface area contributed by atoms with Crippen LogP contribution < -0.4 is 5.32 Å². The molecule has 0 unspecified atom stereocenters. The van der Waals surface area contributed by atoms with E-state index in [1.54, 1.807) is 13.2 Å². The summed E-state index contributed by atoms with van der Waals surface area (Å²) in [6.45, 7) is 1.13. The zero-order valence-electron chi connectivity index (χ0n) is 12.8. The lowest BCUT2D eigenvalue weighted by Gasteiger charge is -2.05. The summed E-state index contributed by atoms with van der Waals surface area (Å²) in [5, 5.41) is 16.9. The predicted molar refractivity (Wildman–Crippen MR) is 85.0 cm³/mol. The highest BCUT2D eigenvalue weighted by Crippen LogP contribution is 2.28. The van der Waals surface area contributed by atoms with Gasteiger partial charge in [-0.05, 0) is 25.3 Å². The normalized spacial score (nSPS) is 10.2. The molecule has 10 heteroatoms. The third kappa shape index (κ3) is 4.32. The van der Waals surface area contributed by atoms with Crippen molar-refractivity contribution in [3.63, 3.8) is 0 Å². The Morgan fingerprint density at radius 2 is 2.17 bits per heavy atom. The van der Waals surface area contributed by atoms with Gasteiger partial charge in [0.25, 0.3) is 11.6 Å². The maximum atomic E-state index is 11.9. The number of nitro benzene ring substituents is 1. The van der Waals surface area contributed by atoms with Crippen molar-refractivity contribution in [2.24, 2.45) is 0 Å². The number of nitrogens with one attached hydrogen (secondary N) is 1. The first kappa shape index (κ1) is 17.5. The molecule has 2 rings (SSSR count). The van der Waals surface area contributed by atoms with Crippen LogP contribution in [0.5, 0.6) is 0 Å². The average molecular weight is 351 g/mol. The molecule has 1 heterocycles. The fourth-order valence-electron chi connectivity index (χ4n) is 1.77. The first-order valence-corrected chi connectivity index (χ1v) is 7.86. The van der Waals surface area contributed by atoms with E-state index in [-0.39, 0.29) is 17.1 Å². The first-order valence-electron chi connectivity index (χ1n) is 6.63. The Hall–Kier alpha value is -2.88.